The van der Waals surface area contributed by atoms with Gasteiger partial charge in [-0.1, -0.05) is 0 Å². The van der Waals surface area contributed by atoms with Gasteiger partial charge in [0.15, 0.2) is 0 Å². The maximum Gasteiger partial charge on any atom is 0.227 e. The maximum absolute atomic E-state index is 11.5. The van der Waals surface area contributed by atoms with Crippen molar-refractivity contribution in [2.45, 2.75) is 32.1 Å². The number of nitrogens with one attached hydrogen (secondary N) is 1. The van der Waals surface area contributed by atoms with Crippen LogP contribution in [0.5, 0.6) is 0 Å². The number of aromatic nitrogens is 3. The molecule has 29 heavy (non-hydrogen) atoms. The van der Waals surface area contributed by atoms with Crippen molar-refractivity contribution >= 4 is 29.2 Å². The Bertz CT molecular complexity index is 963. The number of pyridine rings is 1. The van der Waals surface area contributed by atoms with Gasteiger partial charge in [0.2, 0.25) is 11.9 Å². The molecule has 0 bridgehead atoms. The van der Waals surface area contributed by atoms with Crippen molar-refractivity contribution in [3.8, 4) is 0 Å². The SMILES string of the molecule is CC(=O)Nc1cc2c(cn1)C1(CC1)CN2c1cc(C)nc(N2CCN(C)CC2)n1. The second-order valence-electron chi connectivity index (χ2n) is 8.59. The van der Waals surface area contributed by atoms with Crippen LogP contribution in [-0.2, 0) is 10.2 Å². The summed E-state index contributed by atoms with van der Waals surface area (Å²) < 4.78 is 0. The van der Waals surface area contributed by atoms with E-state index in [1.54, 1.807) is 0 Å². The average Bonchev–Trinajstić information content (AvgIpc) is 3.38. The number of aryl methyl sites for hydroxylation is 1. The number of hydrogen-bond acceptors (Lipinski definition) is 7. The Kier molecular flexibility index (Phi) is 4.20. The Hall–Kier alpha value is -2.74. The van der Waals surface area contributed by atoms with E-state index in [2.05, 4.69) is 38.1 Å². The molecule has 1 N–H and O–H groups in total. The third kappa shape index (κ3) is 3.31. The maximum atomic E-state index is 11.5. The number of likely N-dealkylation sites (N-methyl/N-ethyl adjacent to an activating group) is 1. The lowest BCUT2D eigenvalue weighted by atomic mass is 10.0. The normalized spacial score (nSPS) is 20.1. The van der Waals surface area contributed by atoms with Crippen LogP contribution in [0.1, 0.15) is 31.0 Å². The van der Waals surface area contributed by atoms with Gasteiger partial charge in [-0.15, -0.1) is 0 Å². The van der Waals surface area contributed by atoms with Gasteiger partial charge < -0.3 is 20.0 Å². The highest BCUT2D eigenvalue weighted by Gasteiger charge is 2.52. The van der Waals surface area contributed by atoms with Crippen molar-refractivity contribution in [2.75, 3.05) is 54.9 Å². The van der Waals surface area contributed by atoms with Gasteiger partial charge in [-0.05, 0) is 26.8 Å². The second-order valence-corrected chi connectivity index (χ2v) is 8.59. The van der Waals surface area contributed by atoms with Crippen LogP contribution in [0.25, 0.3) is 0 Å². The highest BCUT2D eigenvalue weighted by molar-refractivity contribution is 5.89. The predicted octanol–water partition coefficient (Wildman–Crippen LogP) is 2.07. The number of rotatable bonds is 3. The Morgan fingerprint density at radius 3 is 2.59 bits per heavy atom. The summed E-state index contributed by atoms with van der Waals surface area (Å²) >= 11 is 0. The zero-order valence-corrected chi connectivity index (χ0v) is 17.3. The third-order valence-electron chi connectivity index (χ3n) is 6.25. The summed E-state index contributed by atoms with van der Waals surface area (Å²) in [5.41, 5.74) is 3.52. The Balaban J connectivity index is 1.51. The molecule has 8 nitrogen and oxygen atoms in total. The molecule has 3 aliphatic rings. The lowest BCUT2D eigenvalue weighted by Crippen LogP contribution is -2.45. The molecule has 0 unspecified atom stereocenters. The van der Waals surface area contributed by atoms with Crippen LogP contribution < -0.4 is 15.1 Å². The molecule has 0 aromatic carbocycles. The van der Waals surface area contributed by atoms with Gasteiger partial charge in [0, 0.05) is 74.6 Å². The highest BCUT2D eigenvalue weighted by Crippen LogP contribution is 2.58. The Labute approximate surface area is 171 Å². The third-order valence-corrected chi connectivity index (χ3v) is 6.25. The molecule has 1 amide bonds. The molecule has 5 rings (SSSR count). The van der Waals surface area contributed by atoms with Crippen LogP contribution in [0.15, 0.2) is 18.3 Å². The van der Waals surface area contributed by atoms with E-state index in [0.717, 1.165) is 55.9 Å². The summed E-state index contributed by atoms with van der Waals surface area (Å²) in [5.74, 6) is 2.21. The topological polar surface area (TPSA) is 77.5 Å². The number of carbonyl (C=O) groups is 1. The monoisotopic (exact) mass is 393 g/mol. The van der Waals surface area contributed by atoms with E-state index in [1.807, 2.05) is 19.2 Å². The van der Waals surface area contributed by atoms with Gasteiger partial charge in [-0.2, -0.15) is 4.98 Å². The molecular formula is C21H27N7O. The first kappa shape index (κ1) is 18.3. The van der Waals surface area contributed by atoms with Crippen LogP contribution in [0, 0.1) is 6.92 Å². The fraction of sp³-hybridized carbons (Fsp3) is 0.524. The number of anilines is 4. The fourth-order valence-corrected chi connectivity index (χ4v) is 4.40. The van der Waals surface area contributed by atoms with Gasteiger partial charge in [0.1, 0.15) is 11.6 Å². The number of amides is 1. The molecule has 2 aromatic heterocycles. The van der Waals surface area contributed by atoms with Crippen LogP contribution in [0.2, 0.25) is 0 Å². The van der Waals surface area contributed by atoms with E-state index in [9.17, 15) is 4.79 Å². The smallest absolute Gasteiger partial charge is 0.227 e. The number of hydrogen-bond donors (Lipinski definition) is 1. The van der Waals surface area contributed by atoms with Gasteiger partial charge in [0.25, 0.3) is 0 Å². The molecule has 0 atom stereocenters. The van der Waals surface area contributed by atoms with E-state index in [1.165, 1.54) is 25.3 Å². The fourth-order valence-electron chi connectivity index (χ4n) is 4.40. The largest absolute Gasteiger partial charge is 0.338 e. The number of carbonyl (C=O) groups excluding carboxylic acids is 1. The Morgan fingerprint density at radius 2 is 1.90 bits per heavy atom. The molecule has 8 heteroatoms. The van der Waals surface area contributed by atoms with Crippen molar-refractivity contribution in [3.63, 3.8) is 0 Å². The van der Waals surface area contributed by atoms with Crippen LogP contribution in [0.4, 0.5) is 23.3 Å². The lowest BCUT2D eigenvalue weighted by molar-refractivity contribution is -0.114. The molecule has 152 valence electrons. The zero-order valence-electron chi connectivity index (χ0n) is 17.3. The van der Waals surface area contributed by atoms with Crippen molar-refractivity contribution in [1.82, 2.24) is 19.9 Å². The molecule has 2 aromatic rings. The molecule has 1 spiro atoms. The number of piperazine rings is 1. The number of nitrogens with zero attached hydrogens (tertiary/aromatic N) is 6. The van der Waals surface area contributed by atoms with E-state index in [4.69, 9.17) is 9.97 Å². The minimum absolute atomic E-state index is 0.113. The van der Waals surface area contributed by atoms with E-state index < -0.39 is 0 Å². The van der Waals surface area contributed by atoms with Crippen LogP contribution in [0.3, 0.4) is 0 Å². The van der Waals surface area contributed by atoms with E-state index >= 15 is 0 Å². The molecule has 0 radical (unpaired) electrons. The molecule has 1 saturated carbocycles. The first-order valence-corrected chi connectivity index (χ1v) is 10.3. The molecule has 4 heterocycles. The molecule has 1 aliphatic carbocycles. The number of fused-ring (bicyclic) bond motifs is 2. The minimum Gasteiger partial charge on any atom is -0.338 e. The summed E-state index contributed by atoms with van der Waals surface area (Å²) in [6.07, 6.45) is 4.28. The molecule has 2 fully saturated rings. The van der Waals surface area contributed by atoms with Gasteiger partial charge in [-0.25, -0.2) is 9.97 Å². The summed E-state index contributed by atoms with van der Waals surface area (Å²) in [4.78, 5) is 32.5. The van der Waals surface area contributed by atoms with Gasteiger partial charge in [-0.3, -0.25) is 4.79 Å². The Morgan fingerprint density at radius 1 is 1.14 bits per heavy atom. The quantitative estimate of drug-likeness (QED) is 0.855. The molecule has 1 saturated heterocycles. The zero-order chi connectivity index (χ0) is 20.2. The van der Waals surface area contributed by atoms with E-state index in [0.29, 0.717) is 5.82 Å². The van der Waals surface area contributed by atoms with Gasteiger partial charge >= 0.3 is 0 Å². The lowest BCUT2D eigenvalue weighted by Gasteiger charge is -2.33. The standard InChI is InChI=1S/C21H27N7O/c1-14-10-19(25-20(23-14)27-8-6-26(3)7-9-27)28-13-21(4-5-21)16-12-22-18(11-17(16)28)24-15(2)29/h10-12H,4-9,13H2,1-3H3,(H,22,24,29). The van der Waals surface area contributed by atoms with Crippen molar-refractivity contribution in [3.05, 3.63) is 29.6 Å². The first-order chi connectivity index (χ1) is 13.9. The van der Waals surface area contributed by atoms with Crippen molar-refractivity contribution < 1.29 is 4.79 Å². The van der Waals surface area contributed by atoms with Crippen LogP contribution in [-0.4, -0.2) is 65.5 Å². The highest BCUT2D eigenvalue weighted by atomic mass is 16.1. The summed E-state index contributed by atoms with van der Waals surface area (Å²) in [6.45, 7) is 8.37. The summed E-state index contributed by atoms with van der Waals surface area (Å²) in [7, 11) is 2.15. The van der Waals surface area contributed by atoms with Crippen molar-refractivity contribution in [1.29, 1.82) is 0 Å². The van der Waals surface area contributed by atoms with Crippen molar-refractivity contribution in [2.24, 2.45) is 0 Å². The molecular weight excluding hydrogens is 366 g/mol. The van der Waals surface area contributed by atoms with Crippen LogP contribution >= 0.6 is 0 Å². The molecule has 2 aliphatic heterocycles. The van der Waals surface area contributed by atoms with Gasteiger partial charge in [0.05, 0.1) is 5.69 Å². The summed E-state index contributed by atoms with van der Waals surface area (Å²) in [6, 6.07) is 4.04. The predicted molar refractivity (Wildman–Crippen MR) is 113 cm³/mol. The minimum atomic E-state index is -0.113. The first-order valence-electron chi connectivity index (χ1n) is 10.3. The van der Waals surface area contributed by atoms with E-state index in [-0.39, 0.29) is 11.3 Å². The second kappa shape index (κ2) is 6.66. The summed E-state index contributed by atoms with van der Waals surface area (Å²) in [5, 5.41) is 2.81. The average molecular weight is 393 g/mol.